The second kappa shape index (κ2) is 15.7. The predicted molar refractivity (Wildman–Crippen MR) is 220 cm³/mol. The standard InChI is InChI=1S/C31H26NO.C17H22NSi.Ir/c1-2-8-20(9-3-1)26-19-28-27-18-22(30-23-11-5-4-10-21(23)16-17-32-30)14-15-29(27)33-31(28)25-13-7-6-12-24(25)26;1-13(2)15-11-16(14-9-7-6-8-10-14)18-12-17(15)19(3,4)5;/h1-3,8-9,15-19H,4-7,10-13H2;6-9,11-13H,1-5H3;/q2*-1;. The summed E-state index contributed by atoms with van der Waals surface area (Å²) in [6.07, 6.45) is 13.6. The molecule has 2 aliphatic carbocycles. The van der Waals surface area contributed by atoms with Gasteiger partial charge in [-0.2, -0.15) is 0 Å². The second-order valence-corrected chi connectivity index (χ2v) is 20.9. The summed E-state index contributed by atoms with van der Waals surface area (Å²) in [4.78, 5) is 9.47. The van der Waals surface area contributed by atoms with Crippen molar-refractivity contribution in [3.63, 3.8) is 0 Å². The Bertz CT molecular complexity index is 2370. The number of pyridine rings is 2. The molecule has 4 aromatic carbocycles. The Kier molecular flexibility index (Phi) is 11.0. The zero-order valence-electron chi connectivity index (χ0n) is 31.6. The van der Waals surface area contributed by atoms with E-state index in [0.29, 0.717) is 5.92 Å². The minimum Gasteiger partial charge on any atom is -0.500 e. The Hall–Kier alpha value is -4.15. The largest absolute Gasteiger partial charge is 0.500 e. The summed E-state index contributed by atoms with van der Waals surface area (Å²) in [6.45, 7) is 11.7. The maximum absolute atomic E-state index is 6.49. The predicted octanol–water partition coefficient (Wildman–Crippen LogP) is 12.1. The van der Waals surface area contributed by atoms with Gasteiger partial charge in [0.15, 0.2) is 0 Å². The van der Waals surface area contributed by atoms with Crippen LogP contribution in [0.3, 0.4) is 0 Å². The molecule has 0 unspecified atom stereocenters. The zero-order chi connectivity index (χ0) is 35.8. The summed E-state index contributed by atoms with van der Waals surface area (Å²) in [6, 6.07) is 36.8. The number of nitrogens with zero attached hydrogens (tertiary/aromatic N) is 2. The van der Waals surface area contributed by atoms with Crippen molar-refractivity contribution in [3.05, 3.63) is 137 Å². The van der Waals surface area contributed by atoms with Crippen molar-refractivity contribution in [2.75, 3.05) is 0 Å². The molecule has 0 atom stereocenters. The topological polar surface area (TPSA) is 38.9 Å². The van der Waals surface area contributed by atoms with Crippen LogP contribution in [0.4, 0.5) is 0 Å². The molecule has 2 aliphatic rings. The molecule has 3 heterocycles. The van der Waals surface area contributed by atoms with Gasteiger partial charge < -0.3 is 14.4 Å². The maximum Gasteiger partial charge on any atom is 0.124 e. The molecular weight excluding hydrogens is 841 g/mol. The molecule has 3 aromatic heterocycles. The van der Waals surface area contributed by atoms with E-state index in [-0.39, 0.29) is 20.1 Å². The van der Waals surface area contributed by atoms with E-state index in [2.05, 4.69) is 117 Å². The van der Waals surface area contributed by atoms with Crippen LogP contribution in [-0.2, 0) is 45.8 Å². The fourth-order valence-corrected chi connectivity index (χ4v) is 9.97. The van der Waals surface area contributed by atoms with Crippen LogP contribution in [0.25, 0.3) is 55.6 Å². The number of rotatable bonds is 5. The Morgan fingerprint density at radius 2 is 1.45 bits per heavy atom. The van der Waals surface area contributed by atoms with Gasteiger partial charge in [0.2, 0.25) is 0 Å². The Labute approximate surface area is 329 Å². The summed E-state index contributed by atoms with van der Waals surface area (Å²) in [5, 5.41) is 3.88. The van der Waals surface area contributed by atoms with E-state index in [1.165, 1.54) is 80.6 Å². The van der Waals surface area contributed by atoms with E-state index in [4.69, 9.17) is 9.40 Å². The van der Waals surface area contributed by atoms with Crippen molar-refractivity contribution < 1.29 is 24.5 Å². The third-order valence-electron chi connectivity index (χ3n) is 11.0. The smallest absolute Gasteiger partial charge is 0.124 e. The van der Waals surface area contributed by atoms with Crippen LogP contribution in [-0.4, -0.2) is 18.0 Å². The van der Waals surface area contributed by atoms with E-state index in [1.54, 1.807) is 0 Å². The number of aromatic nitrogens is 2. The quantitative estimate of drug-likeness (QED) is 0.128. The minimum atomic E-state index is -1.34. The van der Waals surface area contributed by atoms with Crippen LogP contribution in [0.2, 0.25) is 19.6 Å². The SMILES string of the molecule is CC(C)c1cc(-c2[c-]cccc2)ncc1[Si](C)(C)C.[Ir].[c-]1cc2oc3c4c(c(-c5ccccc5)cc3c2cc1-c1nccc2c1CCCC2)CCCC4. The molecule has 0 spiro atoms. The molecule has 0 bridgehead atoms. The van der Waals surface area contributed by atoms with Crippen LogP contribution < -0.4 is 5.19 Å². The molecule has 0 saturated carbocycles. The van der Waals surface area contributed by atoms with Crippen molar-refractivity contribution in [2.24, 2.45) is 0 Å². The summed E-state index contributed by atoms with van der Waals surface area (Å²) >= 11 is 0. The number of hydrogen-bond donors (Lipinski definition) is 0. The van der Waals surface area contributed by atoms with Crippen molar-refractivity contribution in [1.82, 2.24) is 9.97 Å². The molecule has 0 amide bonds. The molecule has 271 valence electrons. The van der Waals surface area contributed by atoms with Gasteiger partial charge in [0.1, 0.15) is 5.58 Å². The van der Waals surface area contributed by atoms with E-state index < -0.39 is 8.07 Å². The molecule has 5 heteroatoms. The van der Waals surface area contributed by atoms with E-state index in [9.17, 15) is 0 Å². The molecule has 0 saturated heterocycles. The van der Waals surface area contributed by atoms with Crippen molar-refractivity contribution in [3.8, 4) is 33.6 Å². The summed E-state index contributed by atoms with van der Waals surface area (Å²) in [5.41, 5.74) is 16.2. The monoisotopic (exact) mass is 889 g/mol. The van der Waals surface area contributed by atoms with E-state index >= 15 is 0 Å². The Morgan fingerprint density at radius 3 is 2.19 bits per heavy atom. The summed E-state index contributed by atoms with van der Waals surface area (Å²) in [5.74, 6) is 0.534. The van der Waals surface area contributed by atoms with Gasteiger partial charge in [-0.05, 0) is 108 Å². The average molecular weight is 889 g/mol. The van der Waals surface area contributed by atoms with E-state index in [1.807, 2.05) is 30.5 Å². The fourth-order valence-electron chi connectivity index (χ4n) is 8.29. The zero-order valence-corrected chi connectivity index (χ0v) is 35.0. The van der Waals surface area contributed by atoms with Gasteiger partial charge in [-0.25, -0.2) is 0 Å². The molecule has 0 aliphatic heterocycles. The first-order valence-electron chi connectivity index (χ1n) is 19.2. The summed E-state index contributed by atoms with van der Waals surface area (Å²) in [7, 11) is -1.34. The Morgan fingerprint density at radius 1 is 0.717 bits per heavy atom. The molecular formula is C48H48IrN2OSi-2. The van der Waals surface area contributed by atoms with E-state index in [0.717, 1.165) is 59.4 Å². The van der Waals surface area contributed by atoms with Crippen molar-refractivity contribution in [2.45, 2.75) is 90.8 Å². The van der Waals surface area contributed by atoms with Gasteiger partial charge in [0.05, 0.1) is 13.7 Å². The number of hydrogen-bond acceptors (Lipinski definition) is 3. The van der Waals surface area contributed by atoms with Gasteiger partial charge in [-0.3, -0.25) is 0 Å². The molecule has 53 heavy (non-hydrogen) atoms. The molecule has 3 nitrogen and oxygen atoms in total. The Balaban J connectivity index is 0.000000187. The van der Waals surface area contributed by atoms with Gasteiger partial charge in [0.25, 0.3) is 0 Å². The third kappa shape index (κ3) is 7.49. The molecule has 9 rings (SSSR count). The first kappa shape index (κ1) is 37.2. The summed E-state index contributed by atoms with van der Waals surface area (Å²) < 4.78 is 6.49. The normalized spacial score (nSPS) is 13.9. The fraction of sp³-hybridized carbons (Fsp3) is 0.292. The number of furan rings is 1. The van der Waals surface area contributed by atoms with Crippen LogP contribution in [0.1, 0.15) is 73.3 Å². The molecule has 0 N–H and O–H groups in total. The third-order valence-corrected chi connectivity index (χ3v) is 13.0. The number of aryl methyl sites for hydroxylation is 2. The molecule has 0 fully saturated rings. The second-order valence-electron chi connectivity index (χ2n) is 15.9. The van der Waals surface area contributed by atoms with Crippen LogP contribution in [0.15, 0.2) is 102 Å². The average Bonchev–Trinajstić information content (AvgIpc) is 3.56. The minimum absolute atomic E-state index is 0. The number of benzene rings is 4. The van der Waals surface area contributed by atoms with Crippen molar-refractivity contribution in [1.29, 1.82) is 0 Å². The van der Waals surface area contributed by atoms with Crippen LogP contribution in [0, 0.1) is 12.1 Å². The first-order valence-corrected chi connectivity index (χ1v) is 22.7. The van der Waals surface area contributed by atoms with Crippen molar-refractivity contribution >= 4 is 35.2 Å². The van der Waals surface area contributed by atoms with Gasteiger partial charge >= 0.3 is 0 Å². The van der Waals surface area contributed by atoms with Gasteiger partial charge in [-0.15, -0.1) is 59.7 Å². The number of fused-ring (bicyclic) bond motifs is 6. The molecule has 1 radical (unpaired) electrons. The van der Waals surface area contributed by atoms with Crippen LogP contribution in [0.5, 0.6) is 0 Å². The van der Waals surface area contributed by atoms with Crippen LogP contribution >= 0.6 is 0 Å². The molecule has 7 aromatic rings. The van der Waals surface area contributed by atoms with Gasteiger partial charge in [0, 0.05) is 37.9 Å². The maximum atomic E-state index is 6.49. The van der Waals surface area contributed by atoms with Gasteiger partial charge in [-0.1, -0.05) is 92.0 Å². The first-order chi connectivity index (χ1) is 25.3.